The first kappa shape index (κ1) is 12.6. The van der Waals surface area contributed by atoms with E-state index in [-0.39, 0.29) is 17.5 Å². The van der Waals surface area contributed by atoms with Crippen molar-refractivity contribution in [2.45, 2.75) is 50.3 Å². The van der Waals surface area contributed by atoms with Crippen molar-refractivity contribution in [3.63, 3.8) is 0 Å². The summed E-state index contributed by atoms with van der Waals surface area (Å²) in [5.41, 5.74) is 0.664. The monoisotopic (exact) mass is 258 g/mol. The maximum Gasteiger partial charge on any atom is 0.242 e. The van der Waals surface area contributed by atoms with Crippen molar-refractivity contribution in [3.8, 4) is 0 Å². The zero-order valence-corrected chi connectivity index (χ0v) is 10.9. The van der Waals surface area contributed by atoms with Gasteiger partial charge < -0.3 is 9.67 Å². The van der Waals surface area contributed by atoms with Gasteiger partial charge in [0.15, 0.2) is 0 Å². The number of hydrogen-bond donors (Lipinski definition) is 2. The largest absolute Gasteiger partial charge is 0.390 e. The summed E-state index contributed by atoms with van der Waals surface area (Å²) in [4.78, 5) is 0.238. The lowest BCUT2D eigenvalue weighted by atomic mass is 10.4. The predicted octanol–water partition coefficient (Wildman–Crippen LogP) is 1.00. The molecule has 1 aliphatic carbocycles. The van der Waals surface area contributed by atoms with Crippen molar-refractivity contribution in [1.29, 1.82) is 0 Å². The van der Waals surface area contributed by atoms with Crippen molar-refractivity contribution in [2.24, 2.45) is 0 Å². The van der Waals surface area contributed by atoms with Crippen LogP contribution in [0.25, 0.3) is 0 Å². The molecule has 0 bridgehead atoms. The molecule has 0 atom stereocenters. The summed E-state index contributed by atoms with van der Waals surface area (Å²) < 4.78 is 28.3. The highest BCUT2D eigenvalue weighted by Crippen LogP contribution is 2.37. The lowest BCUT2D eigenvalue weighted by Crippen LogP contribution is -2.29. The molecule has 0 amide bonds. The van der Waals surface area contributed by atoms with Gasteiger partial charge in [-0.3, -0.25) is 0 Å². The van der Waals surface area contributed by atoms with Crippen molar-refractivity contribution in [3.05, 3.63) is 18.0 Å². The third-order valence-electron chi connectivity index (χ3n) is 2.71. The van der Waals surface area contributed by atoms with E-state index in [1.807, 2.05) is 4.57 Å². The molecule has 0 spiro atoms. The molecule has 0 aliphatic heterocycles. The number of nitrogens with zero attached hydrogens (tertiary/aromatic N) is 1. The SMILES string of the molecule is CC(C)NS(=O)(=O)c1cc(CO)n(C2CC2)c1. The standard InChI is InChI=1S/C11H18N2O3S/c1-8(2)12-17(15,16)11-5-10(7-14)13(6-11)9-3-4-9/h5-6,8-9,12,14H,3-4,7H2,1-2H3. The number of aliphatic hydroxyl groups is 1. The first-order chi connectivity index (χ1) is 7.94. The van der Waals surface area contributed by atoms with Gasteiger partial charge in [0.1, 0.15) is 0 Å². The van der Waals surface area contributed by atoms with Crippen LogP contribution in [0.4, 0.5) is 0 Å². The molecule has 1 fully saturated rings. The van der Waals surface area contributed by atoms with E-state index >= 15 is 0 Å². The number of rotatable bonds is 5. The van der Waals surface area contributed by atoms with Crippen LogP contribution < -0.4 is 4.72 Å². The highest BCUT2D eigenvalue weighted by molar-refractivity contribution is 7.89. The normalized spacial score (nSPS) is 16.7. The molecule has 0 aromatic carbocycles. The highest BCUT2D eigenvalue weighted by Gasteiger charge is 2.28. The predicted molar refractivity (Wildman–Crippen MR) is 64.1 cm³/mol. The second-order valence-corrected chi connectivity index (χ2v) is 6.45. The second kappa shape index (κ2) is 4.44. The van der Waals surface area contributed by atoms with Gasteiger partial charge in [0.25, 0.3) is 0 Å². The Labute approximate surface area is 102 Å². The Hall–Kier alpha value is -0.850. The third kappa shape index (κ3) is 2.70. The van der Waals surface area contributed by atoms with Crippen LogP contribution in [0.15, 0.2) is 17.2 Å². The number of aromatic nitrogens is 1. The summed E-state index contributed by atoms with van der Waals surface area (Å²) >= 11 is 0. The van der Waals surface area contributed by atoms with E-state index < -0.39 is 10.0 Å². The molecular weight excluding hydrogens is 240 g/mol. The van der Waals surface area contributed by atoms with Crippen molar-refractivity contribution >= 4 is 10.0 Å². The summed E-state index contributed by atoms with van der Waals surface area (Å²) in [6, 6.07) is 1.77. The van der Waals surface area contributed by atoms with Crippen LogP contribution in [0.2, 0.25) is 0 Å². The average Bonchev–Trinajstić information content (AvgIpc) is 2.95. The molecule has 96 valence electrons. The minimum Gasteiger partial charge on any atom is -0.390 e. The molecule has 1 saturated carbocycles. The Kier molecular flexibility index (Phi) is 3.29. The summed E-state index contributed by atoms with van der Waals surface area (Å²) in [7, 11) is -3.46. The topological polar surface area (TPSA) is 71.3 Å². The Morgan fingerprint density at radius 1 is 1.53 bits per heavy atom. The maximum absolute atomic E-state index is 12.0. The molecule has 0 radical (unpaired) electrons. The maximum atomic E-state index is 12.0. The summed E-state index contributed by atoms with van der Waals surface area (Å²) in [5.74, 6) is 0. The van der Waals surface area contributed by atoms with E-state index in [4.69, 9.17) is 0 Å². The van der Waals surface area contributed by atoms with Gasteiger partial charge in [0.2, 0.25) is 10.0 Å². The van der Waals surface area contributed by atoms with Gasteiger partial charge in [-0.1, -0.05) is 0 Å². The van der Waals surface area contributed by atoms with Gasteiger partial charge in [-0.2, -0.15) is 0 Å². The van der Waals surface area contributed by atoms with Gasteiger partial charge >= 0.3 is 0 Å². The van der Waals surface area contributed by atoms with E-state index in [9.17, 15) is 13.5 Å². The van der Waals surface area contributed by atoms with Crippen LogP contribution in [-0.4, -0.2) is 24.1 Å². The Balaban J connectivity index is 2.32. The van der Waals surface area contributed by atoms with Crippen LogP contribution in [0, 0.1) is 0 Å². The quantitative estimate of drug-likeness (QED) is 0.827. The lowest BCUT2D eigenvalue weighted by Gasteiger charge is -2.07. The van der Waals surface area contributed by atoms with Crippen molar-refractivity contribution in [2.75, 3.05) is 0 Å². The van der Waals surface area contributed by atoms with Crippen LogP contribution in [0.3, 0.4) is 0 Å². The molecule has 17 heavy (non-hydrogen) atoms. The van der Waals surface area contributed by atoms with Gasteiger partial charge in [0, 0.05) is 24.0 Å². The third-order valence-corrected chi connectivity index (χ3v) is 4.34. The second-order valence-electron chi connectivity index (χ2n) is 4.74. The van der Waals surface area contributed by atoms with Gasteiger partial charge in [0.05, 0.1) is 11.5 Å². The highest BCUT2D eigenvalue weighted by atomic mass is 32.2. The first-order valence-corrected chi connectivity index (χ1v) is 7.26. The summed E-state index contributed by atoms with van der Waals surface area (Å²) in [5, 5.41) is 9.22. The smallest absolute Gasteiger partial charge is 0.242 e. The molecule has 0 unspecified atom stereocenters. The molecule has 5 nitrogen and oxygen atoms in total. The average molecular weight is 258 g/mol. The summed E-state index contributed by atoms with van der Waals surface area (Å²) in [6.45, 7) is 3.43. The molecule has 2 N–H and O–H groups in total. The number of sulfonamides is 1. The number of hydrogen-bond acceptors (Lipinski definition) is 3. The van der Waals surface area contributed by atoms with Crippen LogP contribution in [0.5, 0.6) is 0 Å². The molecule has 0 saturated heterocycles. The zero-order valence-electron chi connectivity index (χ0n) is 10.0. The zero-order chi connectivity index (χ0) is 12.6. The fourth-order valence-electron chi connectivity index (χ4n) is 1.84. The molecule has 1 aromatic heterocycles. The van der Waals surface area contributed by atoms with Gasteiger partial charge in [-0.05, 0) is 32.8 Å². The Morgan fingerprint density at radius 3 is 2.65 bits per heavy atom. The molecule has 1 aliphatic rings. The Morgan fingerprint density at radius 2 is 2.18 bits per heavy atom. The van der Waals surface area contributed by atoms with Crippen LogP contribution in [-0.2, 0) is 16.6 Å². The van der Waals surface area contributed by atoms with E-state index in [1.54, 1.807) is 26.1 Å². The van der Waals surface area contributed by atoms with Crippen molar-refractivity contribution in [1.82, 2.24) is 9.29 Å². The fourth-order valence-corrected chi connectivity index (χ4v) is 3.14. The first-order valence-electron chi connectivity index (χ1n) is 5.78. The van der Waals surface area contributed by atoms with Gasteiger partial charge in [-0.25, -0.2) is 13.1 Å². The fraction of sp³-hybridized carbons (Fsp3) is 0.636. The molecular formula is C11H18N2O3S. The minimum atomic E-state index is -3.46. The van der Waals surface area contributed by atoms with E-state index in [2.05, 4.69) is 4.72 Å². The Bertz CT molecular complexity index is 501. The molecule has 2 rings (SSSR count). The minimum absolute atomic E-state index is 0.131. The number of nitrogens with one attached hydrogen (secondary N) is 1. The molecule has 1 heterocycles. The van der Waals surface area contributed by atoms with E-state index in [1.165, 1.54) is 0 Å². The molecule has 1 aromatic rings. The van der Waals surface area contributed by atoms with E-state index in [0.29, 0.717) is 11.7 Å². The lowest BCUT2D eigenvalue weighted by molar-refractivity contribution is 0.270. The molecule has 6 heteroatoms. The van der Waals surface area contributed by atoms with Crippen molar-refractivity contribution < 1.29 is 13.5 Å². The van der Waals surface area contributed by atoms with Crippen LogP contribution in [0.1, 0.15) is 38.4 Å². The van der Waals surface area contributed by atoms with Crippen LogP contribution >= 0.6 is 0 Å². The summed E-state index contributed by atoms with van der Waals surface area (Å²) in [6.07, 6.45) is 3.73. The van der Waals surface area contributed by atoms with Gasteiger partial charge in [-0.15, -0.1) is 0 Å². The number of aliphatic hydroxyl groups excluding tert-OH is 1. The van der Waals surface area contributed by atoms with E-state index in [0.717, 1.165) is 12.8 Å².